The molecule has 0 fully saturated rings. The fourth-order valence-electron chi connectivity index (χ4n) is 2.67. The van der Waals surface area contributed by atoms with E-state index in [1.165, 1.54) is 30.0 Å². The van der Waals surface area contributed by atoms with Crippen LogP contribution in [0.1, 0.15) is 11.5 Å². The van der Waals surface area contributed by atoms with Gasteiger partial charge in [0.25, 0.3) is 5.56 Å². The molecule has 0 aliphatic heterocycles. The maximum absolute atomic E-state index is 12.7. The lowest BCUT2D eigenvalue weighted by Crippen LogP contribution is -2.08. The van der Waals surface area contributed by atoms with Crippen LogP contribution in [0.4, 0.5) is 13.2 Å². The van der Waals surface area contributed by atoms with E-state index in [0.717, 1.165) is 12.1 Å². The number of hydrogen-bond donors (Lipinski definition) is 1. The van der Waals surface area contributed by atoms with Crippen LogP contribution in [0.5, 0.6) is 0 Å². The first-order chi connectivity index (χ1) is 14.8. The summed E-state index contributed by atoms with van der Waals surface area (Å²) in [5, 5.41) is 4.66. The molecule has 0 spiro atoms. The Kier molecular flexibility index (Phi) is 5.84. The van der Waals surface area contributed by atoms with Gasteiger partial charge in [0.05, 0.1) is 17.0 Å². The molecule has 0 aliphatic carbocycles. The van der Waals surface area contributed by atoms with E-state index in [1.807, 2.05) is 0 Å². The van der Waals surface area contributed by atoms with Gasteiger partial charge in [0, 0.05) is 22.2 Å². The fraction of sp³-hybridized carbons (Fsp3) is 0.100. The molecule has 2 aromatic heterocycles. The Bertz CT molecular complexity index is 1270. The van der Waals surface area contributed by atoms with Crippen LogP contribution < -0.4 is 5.56 Å². The van der Waals surface area contributed by atoms with Gasteiger partial charge < -0.3 is 9.51 Å². The van der Waals surface area contributed by atoms with Crippen molar-refractivity contribution in [2.75, 3.05) is 0 Å². The maximum atomic E-state index is 12.7. The standard InChI is InChI=1S/C20H12ClF3N4O2S/c21-14-3-1-2-12(8-14)15-9-16(29)26-19(25-15)31-10-17-27-18(28-30-17)11-4-6-13(7-5-11)20(22,23)24/h1-9H,10H2,(H,25,26,29). The summed E-state index contributed by atoms with van der Waals surface area (Å²) in [5.41, 5.74) is 0.462. The Morgan fingerprint density at radius 2 is 1.81 bits per heavy atom. The molecule has 4 rings (SSSR count). The number of rotatable bonds is 5. The molecule has 0 atom stereocenters. The first-order valence-corrected chi connectivity index (χ1v) is 10.1. The first-order valence-electron chi connectivity index (χ1n) is 8.78. The minimum atomic E-state index is -4.42. The third-order valence-corrected chi connectivity index (χ3v) is 5.20. The van der Waals surface area contributed by atoms with Crippen molar-refractivity contribution in [3.8, 4) is 22.6 Å². The van der Waals surface area contributed by atoms with Crippen LogP contribution in [0.25, 0.3) is 22.6 Å². The van der Waals surface area contributed by atoms with Crippen molar-refractivity contribution in [1.29, 1.82) is 0 Å². The van der Waals surface area contributed by atoms with Crippen molar-refractivity contribution in [3.63, 3.8) is 0 Å². The zero-order valence-corrected chi connectivity index (χ0v) is 17.1. The van der Waals surface area contributed by atoms with E-state index in [-0.39, 0.29) is 23.0 Å². The second-order valence-electron chi connectivity index (χ2n) is 6.32. The molecule has 0 radical (unpaired) electrons. The zero-order valence-electron chi connectivity index (χ0n) is 15.5. The van der Waals surface area contributed by atoms with Crippen LogP contribution >= 0.6 is 23.4 Å². The van der Waals surface area contributed by atoms with E-state index in [2.05, 4.69) is 20.1 Å². The van der Waals surface area contributed by atoms with E-state index in [4.69, 9.17) is 16.1 Å². The van der Waals surface area contributed by atoms with Gasteiger partial charge in [-0.05, 0) is 24.3 Å². The van der Waals surface area contributed by atoms with Crippen molar-refractivity contribution >= 4 is 23.4 Å². The Morgan fingerprint density at radius 3 is 2.52 bits per heavy atom. The Labute approximate surface area is 182 Å². The van der Waals surface area contributed by atoms with E-state index in [1.54, 1.807) is 24.3 Å². The van der Waals surface area contributed by atoms with Gasteiger partial charge >= 0.3 is 6.18 Å². The van der Waals surface area contributed by atoms with Crippen molar-refractivity contribution in [1.82, 2.24) is 20.1 Å². The summed E-state index contributed by atoms with van der Waals surface area (Å²) in [6, 6.07) is 12.8. The van der Waals surface area contributed by atoms with Crippen molar-refractivity contribution in [2.45, 2.75) is 17.1 Å². The van der Waals surface area contributed by atoms with Crippen LogP contribution in [-0.4, -0.2) is 20.1 Å². The lowest BCUT2D eigenvalue weighted by atomic mass is 10.1. The number of halogens is 4. The summed E-state index contributed by atoms with van der Waals surface area (Å²) in [4.78, 5) is 23.2. The first kappa shape index (κ1) is 21.1. The predicted octanol–water partition coefficient (Wildman–Crippen LogP) is 5.45. The minimum absolute atomic E-state index is 0.165. The lowest BCUT2D eigenvalue weighted by Gasteiger charge is -2.05. The Morgan fingerprint density at radius 1 is 1.03 bits per heavy atom. The molecule has 31 heavy (non-hydrogen) atoms. The van der Waals surface area contributed by atoms with Crippen LogP contribution in [0.2, 0.25) is 5.02 Å². The fourth-order valence-corrected chi connectivity index (χ4v) is 3.57. The predicted molar refractivity (Wildman–Crippen MR) is 110 cm³/mol. The molecule has 158 valence electrons. The zero-order chi connectivity index (χ0) is 22.0. The molecule has 11 heteroatoms. The van der Waals surface area contributed by atoms with Gasteiger partial charge in [-0.1, -0.05) is 52.8 Å². The molecule has 0 amide bonds. The van der Waals surface area contributed by atoms with Crippen molar-refractivity contribution < 1.29 is 17.7 Å². The molecule has 2 heterocycles. The summed E-state index contributed by atoms with van der Waals surface area (Å²) >= 11 is 7.17. The molecule has 2 aromatic carbocycles. The number of nitrogens with zero attached hydrogens (tertiary/aromatic N) is 3. The average Bonchev–Trinajstić information content (AvgIpc) is 3.20. The highest BCUT2D eigenvalue weighted by atomic mass is 35.5. The molecule has 0 saturated carbocycles. The quantitative estimate of drug-likeness (QED) is 0.312. The molecule has 0 bridgehead atoms. The summed E-state index contributed by atoms with van der Waals surface area (Å²) in [6.07, 6.45) is -4.42. The van der Waals surface area contributed by atoms with Gasteiger partial charge in [0.2, 0.25) is 11.7 Å². The summed E-state index contributed by atoms with van der Waals surface area (Å²) in [6.45, 7) is 0. The number of benzene rings is 2. The molecule has 1 N–H and O–H groups in total. The summed E-state index contributed by atoms with van der Waals surface area (Å²) in [7, 11) is 0. The van der Waals surface area contributed by atoms with Gasteiger partial charge in [-0.2, -0.15) is 18.2 Å². The lowest BCUT2D eigenvalue weighted by molar-refractivity contribution is -0.137. The second kappa shape index (κ2) is 8.56. The van der Waals surface area contributed by atoms with E-state index in [9.17, 15) is 18.0 Å². The van der Waals surface area contributed by atoms with Crippen LogP contribution in [0.15, 0.2) is 69.1 Å². The highest BCUT2D eigenvalue weighted by Gasteiger charge is 2.30. The third-order valence-electron chi connectivity index (χ3n) is 4.11. The monoisotopic (exact) mass is 464 g/mol. The van der Waals surface area contributed by atoms with Gasteiger partial charge in [-0.25, -0.2) is 4.98 Å². The Balaban J connectivity index is 1.48. The second-order valence-corrected chi connectivity index (χ2v) is 7.72. The smallest absolute Gasteiger partial charge is 0.338 e. The molecular formula is C20H12ClF3N4O2S. The van der Waals surface area contributed by atoms with E-state index in [0.29, 0.717) is 27.0 Å². The number of thioether (sulfide) groups is 1. The van der Waals surface area contributed by atoms with E-state index < -0.39 is 11.7 Å². The highest BCUT2D eigenvalue weighted by Crippen LogP contribution is 2.30. The highest BCUT2D eigenvalue weighted by molar-refractivity contribution is 7.98. The summed E-state index contributed by atoms with van der Waals surface area (Å²) in [5.74, 6) is 0.601. The number of H-pyrrole nitrogens is 1. The molecule has 6 nitrogen and oxygen atoms in total. The van der Waals surface area contributed by atoms with Crippen LogP contribution in [-0.2, 0) is 11.9 Å². The maximum Gasteiger partial charge on any atom is 0.416 e. The average molecular weight is 465 g/mol. The van der Waals surface area contributed by atoms with Gasteiger partial charge in [-0.15, -0.1) is 0 Å². The summed E-state index contributed by atoms with van der Waals surface area (Å²) < 4.78 is 43.2. The number of nitrogens with one attached hydrogen (secondary N) is 1. The van der Waals surface area contributed by atoms with Crippen molar-refractivity contribution in [3.05, 3.63) is 81.4 Å². The molecular weight excluding hydrogens is 453 g/mol. The SMILES string of the molecule is O=c1cc(-c2cccc(Cl)c2)nc(SCc2nc(-c3ccc(C(F)(F)F)cc3)no2)[nH]1. The molecule has 0 saturated heterocycles. The molecule has 0 aliphatic rings. The van der Waals surface area contributed by atoms with Gasteiger partial charge in [0.1, 0.15) is 0 Å². The third kappa shape index (κ3) is 5.15. The van der Waals surface area contributed by atoms with Crippen LogP contribution in [0.3, 0.4) is 0 Å². The molecule has 4 aromatic rings. The topological polar surface area (TPSA) is 84.7 Å². The normalized spacial score (nSPS) is 11.6. The molecule has 0 unspecified atom stereocenters. The number of aromatic amines is 1. The van der Waals surface area contributed by atoms with Gasteiger partial charge in [0.15, 0.2) is 5.16 Å². The number of alkyl halides is 3. The van der Waals surface area contributed by atoms with Crippen molar-refractivity contribution in [2.24, 2.45) is 0 Å². The minimum Gasteiger partial charge on any atom is -0.338 e. The van der Waals surface area contributed by atoms with Gasteiger partial charge in [-0.3, -0.25) is 4.79 Å². The Hall–Kier alpha value is -3.11. The number of aromatic nitrogens is 4. The number of hydrogen-bond acceptors (Lipinski definition) is 6. The largest absolute Gasteiger partial charge is 0.416 e. The van der Waals surface area contributed by atoms with E-state index >= 15 is 0 Å². The van der Waals surface area contributed by atoms with Crippen LogP contribution in [0, 0.1) is 0 Å².